The fourth-order valence-electron chi connectivity index (χ4n) is 2.21. The molecule has 0 saturated carbocycles. The van der Waals surface area contributed by atoms with E-state index in [0.717, 1.165) is 0 Å². The zero-order chi connectivity index (χ0) is 11.0. The number of ether oxygens (including phenoxy) is 1. The SMILES string of the molecule is CCOC(=O)[C@@H]1CN2C(=O)CC[C@@H]2C1=O. The Hall–Kier alpha value is -1.39. The number of amides is 1. The van der Waals surface area contributed by atoms with Gasteiger partial charge in [0.25, 0.3) is 0 Å². The molecule has 1 amide bonds. The van der Waals surface area contributed by atoms with Crippen molar-refractivity contribution in [2.45, 2.75) is 25.8 Å². The van der Waals surface area contributed by atoms with Crippen LogP contribution in [0.2, 0.25) is 0 Å². The summed E-state index contributed by atoms with van der Waals surface area (Å²) in [6.07, 6.45) is 0.972. The fraction of sp³-hybridized carbons (Fsp3) is 0.700. The van der Waals surface area contributed by atoms with Crippen molar-refractivity contribution in [3.63, 3.8) is 0 Å². The van der Waals surface area contributed by atoms with Gasteiger partial charge in [-0.05, 0) is 13.3 Å². The van der Waals surface area contributed by atoms with Crippen LogP contribution in [0.1, 0.15) is 19.8 Å². The average Bonchev–Trinajstić information content (AvgIpc) is 2.70. The summed E-state index contributed by atoms with van der Waals surface area (Å²) in [6, 6.07) is -0.369. The van der Waals surface area contributed by atoms with Gasteiger partial charge in [-0.15, -0.1) is 0 Å². The first-order valence-electron chi connectivity index (χ1n) is 5.15. The molecule has 0 aromatic carbocycles. The molecule has 0 aliphatic carbocycles. The number of carbonyl (C=O) groups excluding carboxylic acids is 3. The second-order valence-corrected chi connectivity index (χ2v) is 3.81. The first kappa shape index (κ1) is 10.1. The first-order valence-corrected chi connectivity index (χ1v) is 5.15. The number of ketones is 1. The Labute approximate surface area is 87.4 Å². The number of carbonyl (C=O) groups is 3. The molecule has 2 aliphatic rings. The minimum atomic E-state index is -0.751. The van der Waals surface area contributed by atoms with E-state index < -0.39 is 11.9 Å². The Morgan fingerprint density at radius 3 is 2.87 bits per heavy atom. The van der Waals surface area contributed by atoms with E-state index >= 15 is 0 Å². The predicted octanol–water partition coefficient (Wildman–Crippen LogP) is -0.261. The van der Waals surface area contributed by atoms with Gasteiger partial charge in [0.15, 0.2) is 5.78 Å². The molecule has 2 atom stereocenters. The summed E-state index contributed by atoms with van der Waals surface area (Å²) in [5.74, 6) is -1.43. The van der Waals surface area contributed by atoms with Crippen molar-refractivity contribution in [3.05, 3.63) is 0 Å². The van der Waals surface area contributed by atoms with E-state index in [1.165, 1.54) is 4.90 Å². The Kier molecular flexibility index (Phi) is 2.46. The summed E-state index contributed by atoms with van der Waals surface area (Å²) in [7, 11) is 0. The molecule has 2 heterocycles. The zero-order valence-electron chi connectivity index (χ0n) is 8.56. The van der Waals surface area contributed by atoms with Crippen LogP contribution in [-0.2, 0) is 19.1 Å². The van der Waals surface area contributed by atoms with Gasteiger partial charge in [-0.1, -0.05) is 0 Å². The summed E-state index contributed by atoms with van der Waals surface area (Å²) >= 11 is 0. The van der Waals surface area contributed by atoms with Crippen LogP contribution in [0.5, 0.6) is 0 Å². The van der Waals surface area contributed by atoms with Gasteiger partial charge >= 0.3 is 5.97 Å². The highest BCUT2D eigenvalue weighted by molar-refractivity contribution is 6.07. The second-order valence-electron chi connectivity index (χ2n) is 3.81. The quantitative estimate of drug-likeness (QED) is 0.466. The van der Waals surface area contributed by atoms with Crippen LogP contribution < -0.4 is 0 Å². The van der Waals surface area contributed by atoms with Crippen LogP contribution in [-0.4, -0.2) is 41.8 Å². The maximum atomic E-state index is 11.8. The van der Waals surface area contributed by atoms with Gasteiger partial charge in [0, 0.05) is 13.0 Å². The van der Waals surface area contributed by atoms with E-state index in [1.54, 1.807) is 6.92 Å². The standard InChI is InChI=1S/C10H13NO4/c1-2-15-10(14)6-5-11-7(9(6)13)3-4-8(11)12/h6-7H,2-5H2,1H3/t6-,7-/m1/s1. The molecule has 2 fully saturated rings. The molecule has 0 aromatic rings. The number of esters is 1. The lowest BCUT2D eigenvalue weighted by Gasteiger charge is -2.12. The Morgan fingerprint density at radius 2 is 2.27 bits per heavy atom. The van der Waals surface area contributed by atoms with E-state index in [0.29, 0.717) is 12.8 Å². The molecule has 2 rings (SSSR count). The van der Waals surface area contributed by atoms with Gasteiger partial charge < -0.3 is 9.64 Å². The Balaban J connectivity index is 2.10. The molecule has 0 radical (unpaired) electrons. The highest BCUT2D eigenvalue weighted by Gasteiger charge is 2.49. The second kappa shape index (κ2) is 3.64. The lowest BCUT2D eigenvalue weighted by Crippen LogP contribution is -2.29. The maximum Gasteiger partial charge on any atom is 0.318 e. The van der Waals surface area contributed by atoms with Crippen molar-refractivity contribution < 1.29 is 19.1 Å². The molecule has 82 valence electrons. The average molecular weight is 211 g/mol. The summed E-state index contributed by atoms with van der Waals surface area (Å²) in [5.41, 5.74) is 0. The van der Waals surface area contributed by atoms with E-state index in [-0.39, 0.29) is 30.9 Å². The van der Waals surface area contributed by atoms with Crippen molar-refractivity contribution in [1.29, 1.82) is 0 Å². The molecule has 0 bridgehead atoms. The van der Waals surface area contributed by atoms with Gasteiger partial charge in [-0.3, -0.25) is 14.4 Å². The minimum Gasteiger partial charge on any atom is -0.465 e. The molecule has 2 aliphatic heterocycles. The largest absolute Gasteiger partial charge is 0.465 e. The minimum absolute atomic E-state index is 0.0276. The highest BCUT2D eigenvalue weighted by atomic mass is 16.5. The van der Waals surface area contributed by atoms with Crippen LogP contribution in [0, 0.1) is 5.92 Å². The summed E-state index contributed by atoms with van der Waals surface area (Å²) in [6.45, 7) is 2.17. The van der Waals surface area contributed by atoms with Crippen molar-refractivity contribution in [2.24, 2.45) is 5.92 Å². The molecule has 5 nitrogen and oxygen atoms in total. The normalized spacial score (nSPS) is 29.5. The van der Waals surface area contributed by atoms with Gasteiger partial charge in [-0.2, -0.15) is 0 Å². The number of Topliss-reactive ketones (excluding diaryl/α,β-unsaturated/α-hetero) is 1. The molecule has 0 unspecified atom stereocenters. The Morgan fingerprint density at radius 1 is 1.53 bits per heavy atom. The third-order valence-corrected chi connectivity index (χ3v) is 2.95. The van der Waals surface area contributed by atoms with Gasteiger partial charge in [-0.25, -0.2) is 0 Å². The van der Waals surface area contributed by atoms with Crippen LogP contribution in [0.25, 0.3) is 0 Å². The maximum absolute atomic E-state index is 11.8. The van der Waals surface area contributed by atoms with Crippen LogP contribution >= 0.6 is 0 Å². The van der Waals surface area contributed by atoms with Crippen molar-refractivity contribution in [3.8, 4) is 0 Å². The molecule has 5 heteroatoms. The van der Waals surface area contributed by atoms with Gasteiger partial charge in [0.2, 0.25) is 5.91 Å². The third-order valence-electron chi connectivity index (χ3n) is 2.95. The van der Waals surface area contributed by atoms with Crippen molar-refractivity contribution in [1.82, 2.24) is 4.90 Å². The van der Waals surface area contributed by atoms with E-state index in [2.05, 4.69) is 0 Å². The van der Waals surface area contributed by atoms with Gasteiger partial charge in [0.05, 0.1) is 12.6 Å². The topological polar surface area (TPSA) is 63.7 Å². The number of nitrogens with zero attached hydrogens (tertiary/aromatic N) is 1. The van der Waals surface area contributed by atoms with Crippen molar-refractivity contribution >= 4 is 17.7 Å². The van der Waals surface area contributed by atoms with E-state index in [9.17, 15) is 14.4 Å². The molecule has 15 heavy (non-hydrogen) atoms. The Bertz CT molecular complexity index is 325. The van der Waals surface area contributed by atoms with Crippen LogP contribution in [0.15, 0.2) is 0 Å². The van der Waals surface area contributed by atoms with Gasteiger partial charge in [0.1, 0.15) is 5.92 Å². The smallest absolute Gasteiger partial charge is 0.318 e. The summed E-state index contributed by atoms with van der Waals surface area (Å²) < 4.78 is 4.80. The number of hydrogen-bond donors (Lipinski definition) is 0. The first-order chi connectivity index (χ1) is 7.15. The van der Waals surface area contributed by atoms with Crippen LogP contribution in [0.4, 0.5) is 0 Å². The number of rotatable bonds is 2. The summed E-state index contributed by atoms with van der Waals surface area (Å²) in [4.78, 5) is 36.0. The zero-order valence-corrected chi connectivity index (χ0v) is 8.56. The number of hydrogen-bond acceptors (Lipinski definition) is 4. The molecular formula is C10H13NO4. The third kappa shape index (κ3) is 1.52. The van der Waals surface area contributed by atoms with Crippen LogP contribution in [0.3, 0.4) is 0 Å². The van der Waals surface area contributed by atoms with E-state index in [4.69, 9.17) is 4.74 Å². The lowest BCUT2D eigenvalue weighted by atomic mass is 10.0. The monoisotopic (exact) mass is 211 g/mol. The number of fused-ring (bicyclic) bond motifs is 1. The molecular weight excluding hydrogens is 198 g/mol. The molecule has 2 saturated heterocycles. The predicted molar refractivity (Wildman–Crippen MR) is 49.9 cm³/mol. The lowest BCUT2D eigenvalue weighted by molar-refractivity contribution is -0.150. The van der Waals surface area contributed by atoms with Crippen molar-refractivity contribution in [2.75, 3.05) is 13.2 Å². The van der Waals surface area contributed by atoms with E-state index in [1.807, 2.05) is 0 Å². The fourth-order valence-corrected chi connectivity index (χ4v) is 2.21. The highest BCUT2D eigenvalue weighted by Crippen LogP contribution is 2.30. The molecule has 0 N–H and O–H groups in total. The molecule has 0 spiro atoms. The molecule has 0 aromatic heterocycles. The summed E-state index contributed by atoms with van der Waals surface area (Å²) in [5, 5.41) is 0.